The largest absolute Gasteiger partial charge is 0.388 e. The summed E-state index contributed by atoms with van der Waals surface area (Å²) in [6.45, 7) is 1.92. The highest BCUT2D eigenvalue weighted by Crippen LogP contribution is 2.26. The van der Waals surface area contributed by atoms with E-state index in [1.807, 2.05) is 13.0 Å². The lowest BCUT2D eigenvalue weighted by Crippen LogP contribution is -2.20. The van der Waals surface area contributed by atoms with Crippen molar-refractivity contribution in [3.05, 3.63) is 17.9 Å². The topological polar surface area (TPSA) is 20.2 Å². The summed E-state index contributed by atoms with van der Waals surface area (Å²) in [7, 11) is 0. The quantitative estimate of drug-likeness (QED) is 0.625. The molecule has 1 heteroatoms. The van der Waals surface area contributed by atoms with Crippen LogP contribution in [0.5, 0.6) is 0 Å². The van der Waals surface area contributed by atoms with Gasteiger partial charge in [-0.1, -0.05) is 19.3 Å². The summed E-state index contributed by atoms with van der Waals surface area (Å²) < 4.78 is 0. The molecule has 1 N–H and O–H groups in total. The average Bonchev–Trinajstić information content (AvgIpc) is 2.15. The Morgan fingerprint density at radius 3 is 2.58 bits per heavy atom. The third-order valence-corrected chi connectivity index (χ3v) is 2.57. The molecule has 0 radical (unpaired) electrons. The summed E-state index contributed by atoms with van der Waals surface area (Å²) in [5.74, 6) is 0.492. The zero-order chi connectivity index (χ0) is 8.81. The van der Waals surface area contributed by atoms with Crippen molar-refractivity contribution >= 4 is 0 Å². The van der Waals surface area contributed by atoms with Gasteiger partial charge in [-0.2, -0.15) is 0 Å². The molecule has 1 aliphatic carbocycles. The molecule has 0 spiro atoms. The minimum Gasteiger partial charge on any atom is -0.388 e. The maximum absolute atomic E-state index is 9.67. The molecule has 0 saturated heterocycles. The molecule has 1 unspecified atom stereocenters. The average molecular weight is 166 g/mol. The Labute approximate surface area is 74.8 Å². The van der Waals surface area contributed by atoms with E-state index in [0.717, 1.165) is 0 Å². The van der Waals surface area contributed by atoms with E-state index in [9.17, 15) is 5.11 Å². The van der Waals surface area contributed by atoms with Crippen molar-refractivity contribution in [3.8, 4) is 0 Å². The second kappa shape index (κ2) is 5.18. The van der Waals surface area contributed by atoms with Crippen molar-refractivity contribution in [1.82, 2.24) is 0 Å². The van der Waals surface area contributed by atoms with E-state index in [1.54, 1.807) is 6.08 Å². The first-order valence-electron chi connectivity index (χ1n) is 4.90. The molecule has 0 heterocycles. The van der Waals surface area contributed by atoms with E-state index in [2.05, 4.69) is 5.73 Å². The lowest BCUT2D eigenvalue weighted by molar-refractivity contribution is 0.125. The molecular formula is C11H18O. The first-order valence-corrected chi connectivity index (χ1v) is 4.90. The van der Waals surface area contributed by atoms with Crippen LogP contribution in [0.1, 0.15) is 39.0 Å². The Kier molecular flexibility index (Phi) is 4.13. The first-order chi connectivity index (χ1) is 5.84. The van der Waals surface area contributed by atoms with Crippen LogP contribution in [0.3, 0.4) is 0 Å². The molecule has 0 aromatic rings. The number of hydrogen-bond donors (Lipinski definition) is 1. The summed E-state index contributed by atoms with van der Waals surface area (Å²) in [6.07, 6.45) is 9.64. The van der Waals surface area contributed by atoms with Crippen LogP contribution in [0.25, 0.3) is 0 Å². The van der Waals surface area contributed by atoms with Crippen molar-refractivity contribution in [2.75, 3.05) is 0 Å². The molecule has 0 aliphatic heterocycles. The van der Waals surface area contributed by atoms with E-state index in [1.165, 1.54) is 32.1 Å². The number of rotatable bonds is 2. The number of aliphatic hydroxyl groups is 1. The molecule has 0 aromatic carbocycles. The Hall–Kier alpha value is -0.520. The normalized spacial score (nSPS) is 21.2. The van der Waals surface area contributed by atoms with Crippen molar-refractivity contribution in [3.63, 3.8) is 0 Å². The van der Waals surface area contributed by atoms with E-state index in [0.29, 0.717) is 5.92 Å². The monoisotopic (exact) mass is 166 g/mol. The molecule has 0 bridgehead atoms. The lowest BCUT2D eigenvalue weighted by atomic mass is 9.85. The first kappa shape index (κ1) is 9.57. The molecule has 0 amide bonds. The van der Waals surface area contributed by atoms with Crippen LogP contribution in [0.4, 0.5) is 0 Å². The molecule has 1 nitrogen and oxygen atoms in total. The SMILES string of the molecule is CC=C=CC(O)C1CCCCC1. The minimum atomic E-state index is -0.263. The van der Waals surface area contributed by atoms with E-state index in [-0.39, 0.29) is 6.10 Å². The molecule has 1 atom stereocenters. The van der Waals surface area contributed by atoms with Gasteiger partial charge in [-0.3, -0.25) is 0 Å². The van der Waals surface area contributed by atoms with Crippen LogP contribution in [-0.2, 0) is 0 Å². The molecule has 0 aromatic heterocycles. The minimum absolute atomic E-state index is 0.263. The third kappa shape index (κ3) is 2.84. The molecular weight excluding hydrogens is 148 g/mol. The van der Waals surface area contributed by atoms with Crippen LogP contribution >= 0.6 is 0 Å². The van der Waals surface area contributed by atoms with Crippen molar-refractivity contribution < 1.29 is 5.11 Å². The zero-order valence-electron chi connectivity index (χ0n) is 7.79. The molecule has 1 fully saturated rings. The Morgan fingerprint density at radius 1 is 1.33 bits per heavy atom. The zero-order valence-corrected chi connectivity index (χ0v) is 7.79. The van der Waals surface area contributed by atoms with Crippen LogP contribution in [0.15, 0.2) is 17.9 Å². The second-order valence-corrected chi connectivity index (χ2v) is 3.51. The lowest BCUT2D eigenvalue weighted by Gasteiger charge is -2.23. The summed E-state index contributed by atoms with van der Waals surface area (Å²) in [5, 5.41) is 9.67. The van der Waals surface area contributed by atoms with Crippen molar-refractivity contribution in [2.45, 2.75) is 45.1 Å². The van der Waals surface area contributed by atoms with Crippen LogP contribution in [0.2, 0.25) is 0 Å². The molecule has 1 rings (SSSR count). The van der Waals surface area contributed by atoms with E-state index < -0.39 is 0 Å². The van der Waals surface area contributed by atoms with E-state index in [4.69, 9.17) is 0 Å². The Bertz CT molecular complexity index is 171. The van der Waals surface area contributed by atoms with Crippen LogP contribution in [0, 0.1) is 5.92 Å². The highest BCUT2D eigenvalue weighted by molar-refractivity contribution is 4.92. The highest BCUT2D eigenvalue weighted by Gasteiger charge is 2.18. The van der Waals surface area contributed by atoms with Gasteiger partial charge in [0.1, 0.15) is 0 Å². The molecule has 68 valence electrons. The third-order valence-electron chi connectivity index (χ3n) is 2.57. The Morgan fingerprint density at radius 2 is 2.00 bits per heavy atom. The van der Waals surface area contributed by atoms with Gasteiger partial charge in [-0.25, -0.2) is 0 Å². The summed E-state index contributed by atoms with van der Waals surface area (Å²) in [6, 6.07) is 0. The fourth-order valence-corrected chi connectivity index (χ4v) is 1.81. The van der Waals surface area contributed by atoms with Crippen LogP contribution in [-0.4, -0.2) is 11.2 Å². The fourth-order valence-electron chi connectivity index (χ4n) is 1.81. The summed E-state index contributed by atoms with van der Waals surface area (Å²) in [4.78, 5) is 0. The highest BCUT2D eigenvalue weighted by atomic mass is 16.3. The van der Waals surface area contributed by atoms with Gasteiger partial charge in [0.25, 0.3) is 0 Å². The van der Waals surface area contributed by atoms with Crippen molar-refractivity contribution in [2.24, 2.45) is 5.92 Å². The van der Waals surface area contributed by atoms with Gasteiger partial charge in [0.15, 0.2) is 0 Å². The maximum atomic E-state index is 9.67. The molecule has 1 saturated carbocycles. The number of hydrogen-bond acceptors (Lipinski definition) is 1. The van der Waals surface area contributed by atoms with Crippen molar-refractivity contribution in [1.29, 1.82) is 0 Å². The number of aliphatic hydroxyl groups excluding tert-OH is 1. The Balaban J connectivity index is 2.39. The second-order valence-electron chi connectivity index (χ2n) is 3.51. The predicted molar refractivity (Wildman–Crippen MR) is 50.9 cm³/mol. The standard InChI is InChI=1S/C11H18O/c1-2-3-9-11(12)10-7-5-4-6-8-10/h2,9-12H,4-8H2,1H3. The van der Waals surface area contributed by atoms with Gasteiger partial charge in [0, 0.05) is 0 Å². The van der Waals surface area contributed by atoms with Gasteiger partial charge in [0.05, 0.1) is 6.10 Å². The van der Waals surface area contributed by atoms with E-state index >= 15 is 0 Å². The van der Waals surface area contributed by atoms with Gasteiger partial charge in [-0.05, 0) is 37.8 Å². The van der Waals surface area contributed by atoms with Gasteiger partial charge >= 0.3 is 0 Å². The smallest absolute Gasteiger partial charge is 0.0822 e. The fraction of sp³-hybridized carbons (Fsp3) is 0.727. The summed E-state index contributed by atoms with van der Waals surface area (Å²) >= 11 is 0. The van der Waals surface area contributed by atoms with Gasteiger partial charge in [-0.15, -0.1) is 5.73 Å². The molecule has 1 aliphatic rings. The summed E-state index contributed by atoms with van der Waals surface area (Å²) in [5.41, 5.74) is 2.95. The predicted octanol–water partition coefficient (Wildman–Crippen LogP) is 2.66. The van der Waals surface area contributed by atoms with Crippen LogP contribution < -0.4 is 0 Å². The van der Waals surface area contributed by atoms with Gasteiger partial charge < -0.3 is 5.11 Å². The van der Waals surface area contributed by atoms with Gasteiger partial charge in [0.2, 0.25) is 0 Å². The molecule has 12 heavy (non-hydrogen) atoms. The maximum Gasteiger partial charge on any atom is 0.0822 e.